The molecule has 0 aliphatic carbocycles. The first-order valence-corrected chi connectivity index (χ1v) is 10.6. The van der Waals surface area contributed by atoms with Crippen LogP contribution < -0.4 is 15.5 Å². The molecular weight excluding hydrogens is 414 g/mol. The third-order valence-electron chi connectivity index (χ3n) is 5.23. The number of halogens is 1. The summed E-state index contributed by atoms with van der Waals surface area (Å²) in [5, 5.41) is 15.3. The van der Waals surface area contributed by atoms with E-state index < -0.39 is 11.5 Å². The first kappa shape index (κ1) is 22.4. The molecule has 0 aromatic carbocycles. The molecule has 3 rings (SSSR count). The highest BCUT2D eigenvalue weighted by Crippen LogP contribution is 2.24. The van der Waals surface area contributed by atoms with Crippen molar-refractivity contribution < 1.29 is 23.8 Å². The molecule has 30 heavy (non-hydrogen) atoms. The molecule has 10 nitrogen and oxygen atoms in total. The predicted molar refractivity (Wildman–Crippen MR) is 111 cm³/mol. The summed E-state index contributed by atoms with van der Waals surface area (Å²) in [4.78, 5) is 34.1. The molecule has 2 aliphatic rings. The molecule has 3 heterocycles. The summed E-state index contributed by atoms with van der Waals surface area (Å²) in [6.45, 7) is 7.05. The topological polar surface area (TPSA) is 129 Å². The number of anilines is 1. The van der Waals surface area contributed by atoms with E-state index in [1.165, 1.54) is 0 Å². The average molecular weight is 442 g/mol. The number of carbonyl (C=O) groups is 2. The number of alkyl halides is 1. The normalized spacial score (nSPS) is 26.3. The van der Waals surface area contributed by atoms with Crippen molar-refractivity contribution in [1.29, 1.82) is 0 Å². The van der Waals surface area contributed by atoms with Crippen LogP contribution in [0.15, 0.2) is 9.41 Å². The van der Waals surface area contributed by atoms with Crippen LogP contribution in [0, 0.1) is 6.92 Å². The first-order valence-electron chi connectivity index (χ1n) is 10.2. The number of carboxylic acid groups (broad SMARTS) is 1. The highest BCUT2D eigenvalue weighted by Gasteiger charge is 2.36. The van der Waals surface area contributed by atoms with E-state index >= 15 is 0 Å². The van der Waals surface area contributed by atoms with Gasteiger partial charge in [0.15, 0.2) is 11.5 Å². The maximum atomic E-state index is 12.7. The number of aromatic nitrogens is 1. The fourth-order valence-electron chi connectivity index (χ4n) is 3.56. The van der Waals surface area contributed by atoms with Crippen LogP contribution in [0.25, 0.3) is 0 Å². The largest absolute Gasteiger partial charge is 0.476 e. The Morgan fingerprint density at radius 3 is 2.80 bits per heavy atom. The second kappa shape index (κ2) is 9.65. The molecule has 11 heteroatoms. The number of carboxylic acids is 1. The summed E-state index contributed by atoms with van der Waals surface area (Å²) < 4.78 is 11.5. The fraction of sp³-hybridized carbons (Fsp3) is 0.684. The van der Waals surface area contributed by atoms with E-state index in [9.17, 15) is 14.7 Å². The molecule has 166 valence electrons. The van der Waals surface area contributed by atoms with Crippen molar-refractivity contribution >= 4 is 35.3 Å². The molecule has 1 aromatic heterocycles. The quantitative estimate of drug-likeness (QED) is 0.409. The maximum absolute atomic E-state index is 12.7. The molecule has 1 aromatic rings. The van der Waals surface area contributed by atoms with Gasteiger partial charge in [-0.05, 0) is 26.2 Å². The summed E-state index contributed by atoms with van der Waals surface area (Å²) in [6, 6.07) is -0.0373. The minimum atomic E-state index is -1.13. The van der Waals surface area contributed by atoms with Crippen molar-refractivity contribution in [3.8, 4) is 0 Å². The van der Waals surface area contributed by atoms with Crippen LogP contribution in [0.2, 0.25) is 0 Å². The van der Waals surface area contributed by atoms with Gasteiger partial charge in [-0.3, -0.25) is 4.79 Å². The zero-order valence-corrected chi connectivity index (χ0v) is 18.1. The number of nitrogens with zero attached hydrogens (tertiary/aromatic N) is 3. The molecule has 3 N–H and O–H groups in total. The molecule has 1 saturated heterocycles. The molecule has 0 saturated carbocycles. The van der Waals surface area contributed by atoms with Gasteiger partial charge in [-0.15, -0.1) is 0 Å². The molecule has 1 amide bonds. The zero-order chi connectivity index (χ0) is 21.8. The predicted octanol–water partition coefficient (Wildman–Crippen LogP) is 1.52. The van der Waals surface area contributed by atoms with Gasteiger partial charge < -0.3 is 29.8 Å². The maximum Gasteiger partial charge on any atom is 0.358 e. The summed E-state index contributed by atoms with van der Waals surface area (Å²) in [7, 11) is 0. The Kier molecular flexibility index (Phi) is 7.19. The van der Waals surface area contributed by atoms with Crippen LogP contribution in [0.5, 0.6) is 0 Å². The van der Waals surface area contributed by atoms with Crippen LogP contribution in [0.3, 0.4) is 0 Å². The molecule has 2 aliphatic heterocycles. The van der Waals surface area contributed by atoms with E-state index in [-0.39, 0.29) is 47.4 Å². The summed E-state index contributed by atoms with van der Waals surface area (Å²) >= 11 is 6.16. The van der Waals surface area contributed by atoms with Gasteiger partial charge in [-0.25, -0.2) is 9.79 Å². The number of hydrogen-bond donors (Lipinski definition) is 3. The summed E-state index contributed by atoms with van der Waals surface area (Å²) in [6.07, 6.45) is 1.87. The smallest absolute Gasteiger partial charge is 0.358 e. The van der Waals surface area contributed by atoms with Gasteiger partial charge in [-0.1, -0.05) is 25.4 Å². The molecule has 4 unspecified atom stereocenters. The van der Waals surface area contributed by atoms with E-state index in [4.69, 9.17) is 20.8 Å². The number of ether oxygens (including phenoxy) is 1. The Labute approximate surface area is 180 Å². The van der Waals surface area contributed by atoms with Gasteiger partial charge >= 0.3 is 5.97 Å². The van der Waals surface area contributed by atoms with E-state index in [1.54, 1.807) is 6.92 Å². The van der Waals surface area contributed by atoms with Crippen LogP contribution in [0.4, 0.5) is 6.01 Å². The van der Waals surface area contributed by atoms with Crippen LogP contribution >= 0.6 is 11.6 Å². The molecule has 1 fully saturated rings. The highest BCUT2D eigenvalue weighted by atomic mass is 35.5. The monoisotopic (exact) mass is 441 g/mol. The second-order valence-corrected chi connectivity index (χ2v) is 7.89. The van der Waals surface area contributed by atoms with E-state index in [0.717, 1.165) is 12.8 Å². The second-order valence-electron chi connectivity index (χ2n) is 7.44. The standard InChI is InChI=1S/C19H28ClN5O5/c1-4-8-29-13-9-25(19-23-14(18(27)28)10(3)30-19)7-6-12(13)22-17(26)16-21-11(5-2)15(20)24-16/h11-13,15H,4-9H2,1-3H3,(H,21,24)(H,22,26)(H,27,28). The SMILES string of the molecule is CCCOC1CN(c2nc(C(=O)O)c(C)o2)CCC1NC(=O)C1=NC(Cl)C(CC)N1. The Bertz CT molecular complexity index is 813. The molecule has 0 spiro atoms. The number of carbonyl (C=O) groups excluding carboxylic acids is 1. The van der Waals surface area contributed by atoms with Crippen LogP contribution in [-0.4, -0.2) is 71.2 Å². The third-order valence-corrected chi connectivity index (χ3v) is 5.63. The number of hydrogen-bond acceptors (Lipinski definition) is 8. The Hall–Kier alpha value is -2.33. The third kappa shape index (κ3) is 4.86. The van der Waals surface area contributed by atoms with Gasteiger partial charge in [0, 0.05) is 13.2 Å². The van der Waals surface area contributed by atoms with Crippen molar-refractivity contribution in [2.75, 3.05) is 24.6 Å². The van der Waals surface area contributed by atoms with Gasteiger partial charge in [0.25, 0.3) is 11.9 Å². The number of aryl methyl sites for hydroxylation is 1. The average Bonchev–Trinajstić information content (AvgIpc) is 3.29. The molecular formula is C19H28ClN5O5. The van der Waals surface area contributed by atoms with Gasteiger partial charge in [0.2, 0.25) is 0 Å². The number of aromatic carboxylic acids is 1. The van der Waals surface area contributed by atoms with Crippen molar-refractivity contribution in [1.82, 2.24) is 15.6 Å². The zero-order valence-electron chi connectivity index (χ0n) is 17.4. The van der Waals surface area contributed by atoms with Crippen LogP contribution in [-0.2, 0) is 9.53 Å². The molecule has 0 radical (unpaired) electrons. The lowest BCUT2D eigenvalue weighted by atomic mass is 10.0. The lowest BCUT2D eigenvalue weighted by molar-refractivity contribution is -0.117. The lowest BCUT2D eigenvalue weighted by Gasteiger charge is -2.38. The van der Waals surface area contributed by atoms with E-state index in [2.05, 4.69) is 20.6 Å². The number of piperidine rings is 1. The van der Waals surface area contributed by atoms with Crippen molar-refractivity contribution in [2.24, 2.45) is 4.99 Å². The van der Waals surface area contributed by atoms with E-state index in [1.807, 2.05) is 18.7 Å². The van der Waals surface area contributed by atoms with Crippen molar-refractivity contribution in [3.63, 3.8) is 0 Å². The highest BCUT2D eigenvalue weighted by molar-refractivity contribution is 6.40. The van der Waals surface area contributed by atoms with Gasteiger partial charge in [-0.2, -0.15) is 4.98 Å². The molecule has 0 bridgehead atoms. The number of rotatable bonds is 8. The van der Waals surface area contributed by atoms with Crippen LogP contribution in [0.1, 0.15) is 49.4 Å². The lowest BCUT2D eigenvalue weighted by Crippen LogP contribution is -2.57. The van der Waals surface area contributed by atoms with Crippen molar-refractivity contribution in [2.45, 2.75) is 63.7 Å². The number of nitrogens with one attached hydrogen (secondary N) is 2. The Morgan fingerprint density at radius 2 is 2.20 bits per heavy atom. The minimum Gasteiger partial charge on any atom is -0.476 e. The van der Waals surface area contributed by atoms with Gasteiger partial charge in [0.05, 0.1) is 24.7 Å². The number of aliphatic imine (C=N–C) groups is 1. The summed E-state index contributed by atoms with van der Waals surface area (Å²) in [5.41, 5.74) is -0.556. The number of oxazole rings is 1. The number of amidine groups is 1. The van der Waals surface area contributed by atoms with Crippen molar-refractivity contribution in [3.05, 3.63) is 11.5 Å². The Balaban J connectivity index is 1.68. The fourth-order valence-corrected chi connectivity index (χ4v) is 3.90. The van der Waals surface area contributed by atoms with E-state index in [0.29, 0.717) is 26.1 Å². The minimum absolute atomic E-state index is 0.0573. The summed E-state index contributed by atoms with van der Waals surface area (Å²) in [5.74, 6) is -0.935. The molecule has 4 atom stereocenters. The van der Waals surface area contributed by atoms with Gasteiger partial charge in [0.1, 0.15) is 11.3 Å². The first-order chi connectivity index (χ1) is 14.3. The Morgan fingerprint density at radius 1 is 1.43 bits per heavy atom. The number of amides is 1.